The molecule has 0 saturated heterocycles. The number of benzene rings is 1. The van der Waals surface area contributed by atoms with Gasteiger partial charge in [0.25, 0.3) is 5.91 Å². The highest BCUT2D eigenvalue weighted by atomic mass is 16.5. The molecule has 2 N–H and O–H groups in total. The van der Waals surface area contributed by atoms with Crippen molar-refractivity contribution in [2.45, 2.75) is 0 Å². The van der Waals surface area contributed by atoms with Crippen LogP contribution in [0.5, 0.6) is 11.5 Å². The lowest BCUT2D eigenvalue weighted by Crippen LogP contribution is -2.29. The highest BCUT2D eigenvalue weighted by Crippen LogP contribution is 2.26. The average molecular weight is 289 g/mol. The zero-order valence-electron chi connectivity index (χ0n) is 11.5. The Balaban J connectivity index is 2.84. The Morgan fingerprint density at radius 2 is 2.24 bits per heavy atom. The van der Waals surface area contributed by atoms with Crippen molar-refractivity contribution in [2.24, 2.45) is 0 Å². The maximum Gasteiger partial charge on any atom is 0.328 e. The molecule has 6 nitrogen and oxygen atoms in total. The second-order valence-electron chi connectivity index (χ2n) is 3.84. The predicted octanol–water partition coefficient (Wildman–Crippen LogP) is 0.921. The molecule has 0 spiro atoms. The monoisotopic (exact) mass is 289 g/mol. The summed E-state index contributed by atoms with van der Waals surface area (Å²) in [4.78, 5) is 22.0. The lowest BCUT2D eigenvalue weighted by atomic mass is 10.1. The summed E-state index contributed by atoms with van der Waals surface area (Å²) in [5.74, 6) is 1.69. The highest BCUT2D eigenvalue weighted by molar-refractivity contribution is 5.86. The van der Waals surface area contributed by atoms with E-state index in [0.717, 1.165) is 6.08 Å². The van der Waals surface area contributed by atoms with Crippen LogP contribution in [0.4, 0.5) is 0 Å². The molecule has 0 radical (unpaired) electrons. The van der Waals surface area contributed by atoms with Gasteiger partial charge in [0.05, 0.1) is 13.7 Å². The Bertz CT molecular complexity index is 586. The van der Waals surface area contributed by atoms with E-state index in [4.69, 9.17) is 21.0 Å². The van der Waals surface area contributed by atoms with Gasteiger partial charge in [0.15, 0.2) is 6.61 Å². The molecule has 0 aliphatic carbocycles. The van der Waals surface area contributed by atoms with Crippen LogP contribution in [-0.2, 0) is 9.59 Å². The first-order valence-corrected chi connectivity index (χ1v) is 5.99. The number of hydrogen-bond acceptors (Lipinski definition) is 4. The number of ether oxygens (including phenoxy) is 2. The van der Waals surface area contributed by atoms with Crippen molar-refractivity contribution in [1.29, 1.82) is 0 Å². The van der Waals surface area contributed by atoms with Crippen LogP contribution < -0.4 is 14.8 Å². The third-order valence-electron chi connectivity index (χ3n) is 2.37. The molecule has 0 heterocycles. The molecule has 0 fully saturated rings. The number of methoxy groups -OCH3 is 1. The van der Waals surface area contributed by atoms with Crippen LogP contribution in [0.3, 0.4) is 0 Å². The number of carboxylic acids is 1. The molecule has 21 heavy (non-hydrogen) atoms. The number of terminal acetylenes is 1. The number of aliphatic carboxylic acids is 1. The molecule has 0 aromatic heterocycles. The van der Waals surface area contributed by atoms with Crippen LogP contribution in [0.2, 0.25) is 0 Å². The quantitative estimate of drug-likeness (QED) is 0.576. The Labute approximate surface area is 122 Å². The van der Waals surface area contributed by atoms with Gasteiger partial charge in [-0.3, -0.25) is 4.79 Å². The minimum Gasteiger partial charge on any atom is -0.497 e. The van der Waals surface area contributed by atoms with E-state index in [9.17, 15) is 9.59 Å². The number of nitrogens with one attached hydrogen (secondary N) is 1. The van der Waals surface area contributed by atoms with Crippen molar-refractivity contribution in [3.05, 3.63) is 29.8 Å². The zero-order chi connectivity index (χ0) is 15.7. The molecule has 1 aromatic rings. The Morgan fingerprint density at radius 1 is 1.48 bits per heavy atom. The van der Waals surface area contributed by atoms with Gasteiger partial charge in [-0.25, -0.2) is 4.79 Å². The smallest absolute Gasteiger partial charge is 0.328 e. The summed E-state index contributed by atoms with van der Waals surface area (Å²) >= 11 is 0. The van der Waals surface area contributed by atoms with E-state index in [1.807, 2.05) is 0 Å². The number of hydrogen-bond donors (Lipinski definition) is 2. The molecule has 0 aliphatic heterocycles. The SMILES string of the molecule is C#CCNC(=O)COc1cc(OC)ccc1C=CC(=O)O. The molecule has 6 heteroatoms. The number of carbonyl (C=O) groups is 2. The third kappa shape index (κ3) is 5.70. The number of amides is 1. The fourth-order valence-electron chi connectivity index (χ4n) is 1.41. The normalized spacial score (nSPS) is 9.90. The van der Waals surface area contributed by atoms with E-state index in [1.54, 1.807) is 18.2 Å². The van der Waals surface area contributed by atoms with Gasteiger partial charge in [-0.2, -0.15) is 0 Å². The summed E-state index contributed by atoms with van der Waals surface area (Å²) in [5.41, 5.74) is 0.517. The minimum atomic E-state index is -1.08. The largest absolute Gasteiger partial charge is 0.497 e. The van der Waals surface area contributed by atoms with Gasteiger partial charge in [0.2, 0.25) is 0 Å². The molecular weight excluding hydrogens is 274 g/mol. The first kappa shape index (κ1) is 16.1. The summed E-state index contributed by atoms with van der Waals surface area (Å²) < 4.78 is 10.4. The molecule has 0 aliphatic rings. The second kappa shape index (κ2) is 8.27. The van der Waals surface area contributed by atoms with Crippen molar-refractivity contribution in [3.8, 4) is 23.8 Å². The third-order valence-corrected chi connectivity index (χ3v) is 2.37. The fraction of sp³-hybridized carbons (Fsp3) is 0.200. The Hall–Kier alpha value is -2.94. The molecule has 0 bridgehead atoms. The van der Waals surface area contributed by atoms with Crippen molar-refractivity contribution >= 4 is 18.0 Å². The van der Waals surface area contributed by atoms with Crippen LogP contribution in [0.15, 0.2) is 24.3 Å². The standard InChI is InChI=1S/C15H15NO5/c1-3-8-16-14(17)10-21-13-9-12(20-2)6-4-11(13)5-7-15(18)19/h1,4-7,9H,8,10H2,2H3,(H,16,17)(H,18,19). The Kier molecular flexibility index (Phi) is 6.35. The van der Waals surface area contributed by atoms with Crippen LogP contribution in [-0.4, -0.2) is 37.2 Å². The van der Waals surface area contributed by atoms with E-state index in [2.05, 4.69) is 11.2 Å². The number of carboxylic acid groups (broad SMARTS) is 1. The van der Waals surface area contributed by atoms with E-state index in [0.29, 0.717) is 17.1 Å². The number of carbonyl (C=O) groups excluding carboxylic acids is 1. The first-order chi connectivity index (χ1) is 10.1. The lowest BCUT2D eigenvalue weighted by molar-refractivity contribution is -0.131. The molecule has 0 saturated carbocycles. The summed E-state index contributed by atoms with van der Waals surface area (Å²) in [6, 6.07) is 4.86. The van der Waals surface area contributed by atoms with E-state index in [1.165, 1.54) is 13.2 Å². The maximum absolute atomic E-state index is 11.4. The topological polar surface area (TPSA) is 84.9 Å². The van der Waals surface area contributed by atoms with Gasteiger partial charge in [-0.15, -0.1) is 6.42 Å². The zero-order valence-corrected chi connectivity index (χ0v) is 11.5. The van der Waals surface area contributed by atoms with Crippen molar-refractivity contribution < 1.29 is 24.2 Å². The van der Waals surface area contributed by atoms with Crippen LogP contribution in [0.1, 0.15) is 5.56 Å². The number of rotatable bonds is 7. The summed E-state index contributed by atoms with van der Waals surface area (Å²) in [7, 11) is 1.49. The predicted molar refractivity (Wildman–Crippen MR) is 77.0 cm³/mol. The van der Waals surface area contributed by atoms with Gasteiger partial charge >= 0.3 is 5.97 Å². The molecule has 1 rings (SSSR count). The van der Waals surface area contributed by atoms with Gasteiger partial charge in [-0.1, -0.05) is 5.92 Å². The van der Waals surface area contributed by atoms with Gasteiger partial charge in [0.1, 0.15) is 11.5 Å². The molecule has 0 unspecified atom stereocenters. The van der Waals surface area contributed by atoms with Gasteiger partial charge in [0, 0.05) is 17.7 Å². The maximum atomic E-state index is 11.4. The van der Waals surface area contributed by atoms with E-state index < -0.39 is 5.97 Å². The molecular formula is C15H15NO5. The molecule has 1 amide bonds. The summed E-state index contributed by atoms with van der Waals surface area (Å²) in [5, 5.41) is 11.1. The van der Waals surface area contributed by atoms with Gasteiger partial charge < -0.3 is 19.9 Å². The average Bonchev–Trinajstić information content (AvgIpc) is 2.48. The van der Waals surface area contributed by atoms with Gasteiger partial charge in [-0.05, 0) is 18.2 Å². The minimum absolute atomic E-state index is 0.117. The van der Waals surface area contributed by atoms with Crippen LogP contribution in [0, 0.1) is 12.3 Å². The lowest BCUT2D eigenvalue weighted by Gasteiger charge is -2.10. The molecule has 0 atom stereocenters. The van der Waals surface area contributed by atoms with Crippen LogP contribution in [0.25, 0.3) is 6.08 Å². The second-order valence-corrected chi connectivity index (χ2v) is 3.84. The Morgan fingerprint density at radius 3 is 2.86 bits per heavy atom. The molecule has 110 valence electrons. The van der Waals surface area contributed by atoms with E-state index in [-0.39, 0.29) is 19.1 Å². The summed E-state index contributed by atoms with van der Waals surface area (Å²) in [6.07, 6.45) is 7.38. The van der Waals surface area contributed by atoms with Crippen molar-refractivity contribution in [3.63, 3.8) is 0 Å². The van der Waals surface area contributed by atoms with E-state index >= 15 is 0 Å². The first-order valence-electron chi connectivity index (χ1n) is 5.99. The van der Waals surface area contributed by atoms with Crippen molar-refractivity contribution in [2.75, 3.05) is 20.3 Å². The fourth-order valence-corrected chi connectivity index (χ4v) is 1.41. The summed E-state index contributed by atoms with van der Waals surface area (Å²) in [6.45, 7) is -0.116. The van der Waals surface area contributed by atoms with Crippen molar-refractivity contribution in [1.82, 2.24) is 5.32 Å². The molecule has 1 aromatic carbocycles. The van der Waals surface area contributed by atoms with Crippen LogP contribution >= 0.6 is 0 Å². The highest BCUT2D eigenvalue weighted by Gasteiger charge is 2.07.